The lowest BCUT2D eigenvalue weighted by molar-refractivity contribution is 0.340. The molecule has 0 spiro atoms. The van der Waals surface area contributed by atoms with E-state index in [9.17, 15) is 0 Å². The number of hydrogen-bond acceptors (Lipinski definition) is 4. The Hall–Kier alpha value is -5.29. The molecule has 0 saturated heterocycles. The second kappa shape index (κ2) is 12.9. The molecule has 44 heavy (non-hydrogen) atoms. The van der Waals surface area contributed by atoms with E-state index in [2.05, 4.69) is 96.7 Å². The molecule has 0 atom stereocenters. The highest BCUT2D eigenvalue weighted by Gasteiger charge is 2.20. The fraction of sp³-hybridized carbons (Fsp3) is 0.154. The monoisotopic (exact) mass is 579 g/mol. The van der Waals surface area contributed by atoms with E-state index in [1.165, 1.54) is 27.7 Å². The van der Waals surface area contributed by atoms with Crippen LogP contribution >= 0.6 is 0 Å². The van der Waals surface area contributed by atoms with Crippen molar-refractivity contribution in [3.05, 3.63) is 144 Å². The van der Waals surface area contributed by atoms with Gasteiger partial charge in [0.2, 0.25) is 0 Å². The predicted octanol–water partition coefficient (Wildman–Crippen LogP) is 9.73. The normalized spacial score (nSPS) is 12.5. The molecule has 0 saturated carbocycles. The number of nitrogens with zero attached hydrogens (tertiary/aromatic N) is 2. The van der Waals surface area contributed by atoms with Crippen molar-refractivity contribution in [3.8, 4) is 11.5 Å². The third kappa shape index (κ3) is 6.09. The summed E-state index contributed by atoms with van der Waals surface area (Å²) < 4.78 is 13.4. The first-order chi connectivity index (χ1) is 21.5. The Morgan fingerprint density at radius 2 is 1.27 bits per heavy atom. The van der Waals surface area contributed by atoms with Gasteiger partial charge in [0.1, 0.15) is 11.5 Å². The maximum Gasteiger partial charge on any atom is 0.119 e. The molecule has 5 aromatic rings. The first-order valence-electron chi connectivity index (χ1n) is 15.1. The van der Waals surface area contributed by atoms with Crippen LogP contribution in [0.5, 0.6) is 11.5 Å². The molecule has 0 radical (unpaired) electrons. The van der Waals surface area contributed by atoms with Crippen LogP contribution in [0.25, 0.3) is 16.5 Å². The molecule has 5 heteroatoms. The van der Waals surface area contributed by atoms with Crippen LogP contribution in [0.15, 0.2) is 132 Å². The molecule has 1 heterocycles. The van der Waals surface area contributed by atoms with Gasteiger partial charge in [-0.2, -0.15) is 0 Å². The Bertz CT molecular complexity index is 1870. The van der Waals surface area contributed by atoms with Crippen molar-refractivity contribution in [2.45, 2.75) is 20.8 Å². The van der Waals surface area contributed by atoms with Crippen LogP contribution in [0.2, 0.25) is 0 Å². The molecule has 0 amide bonds. The SMILES string of the molecule is CCOc1ccc(N=C2C=CC(=C(c3ccc(Nc4ccc(OCC)cc4)cc3)c3c(C)n(C)c4ccccc34)C=C2)cc1. The molecule has 6 rings (SSSR count). The summed E-state index contributed by atoms with van der Waals surface area (Å²) in [6.07, 6.45) is 8.54. The number of rotatable bonds is 9. The van der Waals surface area contributed by atoms with E-state index in [4.69, 9.17) is 14.5 Å². The van der Waals surface area contributed by atoms with Crippen LogP contribution in [0.3, 0.4) is 0 Å². The lowest BCUT2D eigenvalue weighted by atomic mass is 9.89. The Morgan fingerprint density at radius 1 is 0.705 bits per heavy atom. The molecule has 1 aromatic heterocycles. The van der Waals surface area contributed by atoms with Gasteiger partial charge in [-0.25, -0.2) is 4.99 Å². The summed E-state index contributed by atoms with van der Waals surface area (Å²) in [5.41, 5.74) is 11.0. The van der Waals surface area contributed by atoms with Gasteiger partial charge in [0.25, 0.3) is 0 Å². The molecule has 5 nitrogen and oxygen atoms in total. The zero-order valence-corrected chi connectivity index (χ0v) is 25.7. The molecule has 0 unspecified atom stereocenters. The first kappa shape index (κ1) is 28.8. The smallest absolute Gasteiger partial charge is 0.119 e. The predicted molar refractivity (Wildman–Crippen MR) is 184 cm³/mol. The van der Waals surface area contributed by atoms with Crippen molar-refractivity contribution in [1.82, 2.24) is 4.57 Å². The van der Waals surface area contributed by atoms with Crippen molar-refractivity contribution in [3.63, 3.8) is 0 Å². The molecule has 220 valence electrons. The van der Waals surface area contributed by atoms with Gasteiger partial charge in [-0.3, -0.25) is 0 Å². The lowest BCUT2D eigenvalue weighted by Crippen LogP contribution is -2.00. The van der Waals surface area contributed by atoms with Gasteiger partial charge in [-0.05, 0) is 116 Å². The minimum atomic E-state index is 0.648. The zero-order chi connectivity index (χ0) is 30.5. The molecule has 1 aliphatic rings. The first-order valence-corrected chi connectivity index (χ1v) is 15.1. The Morgan fingerprint density at radius 3 is 1.89 bits per heavy atom. The quantitative estimate of drug-likeness (QED) is 0.189. The topological polar surface area (TPSA) is 47.8 Å². The number of allylic oxidation sites excluding steroid dienone is 5. The lowest BCUT2D eigenvalue weighted by Gasteiger charge is -2.16. The van der Waals surface area contributed by atoms with Crippen LogP contribution in [0.1, 0.15) is 30.7 Å². The van der Waals surface area contributed by atoms with Crippen molar-refractivity contribution in [2.75, 3.05) is 18.5 Å². The number of fused-ring (bicyclic) bond motifs is 1. The number of ether oxygens (including phenoxy) is 2. The summed E-state index contributed by atoms with van der Waals surface area (Å²) in [7, 11) is 2.14. The molecular weight excluding hydrogens is 542 g/mol. The Balaban J connectivity index is 1.36. The van der Waals surface area contributed by atoms with E-state index in [1.54, 1.807) is 0 Å². The second-order valence-electron chi connectivity index (χ2n) is 10.7. The fourth-order valence-electron chi connectivity index (χ4n) is 5.62. The maximum atomic E-state index is 5.59. The standard InChI is InChI=1S/C39H37N3O2/c1-5-43-34-23-19-32(20-24-34)40-30-15-11-28(12-16-30)39(38-27(3)42(4)37-10-8-7-9-36(37)38)29-13-17-31(18-14-29)41-33-21-25-35(26-22-33)44-6-2/h7-26,40H,5-6H2,1-4H3. The minimum Gasteiger partial charge on any atom is -0.494 e. The summed E-state index contributed by atoms with van der Waals surface area (Å²) in [6, 6.07) is 33.2. The van der Waals surface area contributed by atoms with Crippen molar-refractivity contribution >= 4 is 39.2 Å². The molecular formula is C39H37N3O2. The average molecular weight is 580 g/mol. The number of nitrogens with one attached hydrogen (secondary N) is 1. The summed E-state index contributed by atoms with van der Waals surface area (Å²) >= 11 is 0. The number of aromatic nitrogens is 1. The summed E-state index contributed by atoms with van der Waals surface area (Å²) in [6.45, 7) is 7.48. The third-order valence-corrected chi connectivity index (χ3v) is 7.84. The van der Waals surface area contributed by atoms with Crippen LogP contribution < -0.4 is 14.8 Å². The van der Waals surface area contributed by atoms with E-state index < -0.39 is 0 Å². The number of hydrogen-bond donors (Lipinski definition) is 1. The van der Waals surface area contributed by atoms with Gasteiger partial charge in [0.15, 0.2) is 0 Å². The summed E-state index contributed by atoms with van der Waals surface area (Å²) in [5.74, 6) is 1.73. The van der Waals surface area contributed by atoms with Gasteiger partial charge in [-0.15, -0.1) is 0 Å². The largest absolute Gasteiger partial charge is 0.494 e. The van der Waals surface area contributed by atoms with Crippen molar-refractivity contribution in [2.24, 2.45) is 12.0 Å². The molecule has 1 N–H and O–H groups in total. The van der Waals surface area contributed by atoms with Crippen molar-refractivity contribution < 1.29 is 9.47 Å². The minimum absolute atomic E-state index is 0.648. The molecule has 0 bridgehead atoms. The van der Waals surface area contributed by atoms with Gasteiger partial charge in [-0.1, -0.05) is 42.5 Å². The van der Waals surface area contributed by atoms with Crippen LogP contribution in [0, 0.1) is 6.92 Å². The summed E-state index contributed by atoms with van der Waals surface area (Å²) in [5, 5.41) is 4.75. The summed E-state index contributed by atoms with van der Waals surface area (Å²) in [4.78, 5) is 4.84. The number of aryl methyl sites for hydroxylation is 1. The second-order valence-corrected chi connectivity index (χ2v) is 10.7. The van der Waals surface area contributed by atoms with Gasteiger partial charge < -0.3 is 19.4 Å². The van der Waals surface area contributed by atoms with Gasteiger partial charge in [0.05, 0.1) is 24.6 Å². The zero-order valence-electron chi connectivity index (χ0n) is 25.7. The maximum absolute atomic E-state index is 5.59. The number of aliphatic imine (C=N–C) groups is 1. The van der Waals surface area contributed by atoms with E-state index in [1.807, 2.05) is 62.4 Å². The molecule has 0 fully saturated rings. The molecule has 0 aliphatic heterocycles. The Labute approximate surface area is 259 Å². The van der Waals surface area contributed by atoms with Gasteiger partial charge in [0, 0.05) is 40.6 Å². The third-order valence-electron chi connectivity index (χ3n) is 7.84. The van der Waals surface area contributed by atoms with E-state index in [0.29, 0.717) is 13.2 Å². The number of para-hydroxylation sites is 1. The number of anilines is 2. The molecule has 4 aromatic carbocycles. The van der Waals surface area contributed by atoms with Crippen LogP contribution in [0.4, 0.5) is 17.1 Å². The van der Waals surface area contributed by atoms with Gasteiger partial charge >= 0.3 is 0 Å². The van der Waals surface area contributed by atoms with E-state index >= 15 is 0 Å². The van der Waals surface area contributed by atoms with E-state index in [0.717, 1.165) is 45.4 Å². The fourth-order valence-corrected chi connectivity index (χ4v) is 5.62. The Kier molecular flexibility index (Phi) is 8.46. The highest BCUT2D eigenvalue weighted by molar-refractivity contribution is 6.09. The molecule has 1 aliphatic carbocycles. The van der Waals surface area contributed by atoms with Crippen LogP contribution in [-0.2, 0) is 7.05 Å². The van der Waals surface area contributed by atoms with Crippen molar-refractivity contribution in [1.29, 1.82) is 0 Å². The van der Waals surface area contributed by atoms with Crippen LogP contribution in [-0.4, -0.2) is 23.5 Å². The highest BCUT2D eigenvalue weighted by Crippen LogP contribution is 2.38. The van der Waals surface area contributed by atoms with E-state index in [-0.39, 0.29) is 0 Å². The number of benzene rings is 4. The highest BCUT2D eigenvalue weighted by atomic mass is 16.5. The average Bonchev–Trinajstić information content (AvgIpc) is 3.30.